The summed E-state index contributed by atoms with van der Waals surface area (Å²) < 4.78 is 0. The molecule has 0 saturated heterocycles. The van der Waals surface area contributed by atoms with Gasteiger partial charge in [-0.15, -0.1) is 0 Å². The molecule has 0 N–H and O–H groups in total. The van der Waals surface area contributed by atoms with Crippen molar-refractivity contribution in [1.29, 1.82) is 0 Å². The van der Waals surface area contributed by atoms with Crippen LogP contribution >= 0.6 is 0 Å². The topological polar surface area (TPSA) is 13.0 Å². The van der Waals surface area contributed by atoms with Gasteiger partial charge in [-0.25, -0.2) is 0 Å². The molecular weight excluding hydrogens is 439 g/mol. The number of rotatable bonds is 5. The van der Waals surface area contributed by atoms with Crippen molar-refractivity contribution in [2.45, 2.75) is 79.6 Å². The van der Waals surface area contributed by atoms with Crippen LogP contribution in [0.25, 0.3) is 6.08 Å². The van der Waals surface area contributed by atoms with Crippen LogP contribution in [-0.4, -0.2) is 43.8 Å². The Labute approximate surface area is 209 Å². The maximum atomic E-state index is 3.63. The monoisotopic (exact) mass is 483 g/mol. The molecular formula is C27H45N4Ni. The van der Waals surface area contributed by atoms with Crippen molar-refractivity contribution < 1.29 is 16.5 Å². The largest absolute Gasteiger partial charge is 3.00 e. The summed E-state index contributed by atoms with van der Waals surface area (Å²) in [6.07, 6.45) is 10.3. The van der Waals surface area contributed by atoms with Gasteiger partial charge in [0.2, 0.25) is 0 Å². The fourth-order valence-electron chi connectivity index (χ4n) is 2.58. The third kappa shape index (κ3) is 11.7. The Hall–Kier alpha value is -1.87. The van der Waals surface area contributed by atoms with E-state index in [9.17, 15) is 0 Å². The van der Waals surface area contributed by atoms with Gasteiger partial charge in [-0.3, -0.25) is 0 Å². The summed E-state index contributed by atoms with van der Waals surface area (Å²) in [7, 11) is 0. The Morgan fingerprint density at radius 1 is 0.625 bits per heavy atom. The predicted molar refractivity (Wildman–Crippen MR) is 138 cm³/mol. The first-order chi connectivity index (χ1) is 14.1. The van der Waals surface area contributed by atoms with Crippen molar-refractivity contribution in [2.75, 3.05) is 0 Å². The Kier molecular flexibility index (Phi) is 16.9. The molecule has 5 heteroatoms. The molecule has 1 radical (unpaired) electrons. The van der Waals surface area contributed by atoms with Crippen molar-refractivity contribution in [3.05, 3.63) is 88.0 Å². The van der Waals surface area contributed by atoms with Crippen molar-refractivity contribution in [3.8, 4) is 0 Å². The quantitative estimate of drug-likeness (QED) is 0.337. The molecule has 0 aromatic heterocycles. The standard InChI is InChI=1S/2C9H17N2.C8H8.CH3.Ni/c2*1-8(2)10-5-6-11(7-10)9(3)4;1-2-8-6-4-3-5-7-8;;/h2*5-9H,1-4H3;2-7H,1H2;1H3;/q2*-1;;-1;+3. The Morgan fingerprint density at radius 3 is 1.06 bits per heavy atom. The minimum absolute atomic E-state index is 0. The van der Waals surface area contributed by atoms with Crippen LogP contribution in [0.4, 0.5) is 0 Å². The molecule has 2 aliphatic heterocycles. The van der Waals surface area contributed by atoms with Gasteiger partial charge in [-0.1, -0.05) is 43.0 Å². The van der Waals surface area contributed by atoms with E-state index in [1.165, 1.54) is 5.56 Å². The molecule has 0 atom stereocenters. The van der Waals surface area contributed by atoms with Gasteiger partial charge in [-0.05, 0) is 110 Å². The van der Waals surface area contributed by atoms with Crippen molar-refractivity contribution in [1.82, 2.24) is 19.6 Å². The fraction of sp³-hybridized carbons (Fsp3) is 0.444. The minimum Gasteiger partial charge on any atom is -0.506 e. The van der Waals surface area contributed by atoms with E-state index in [1.807, 2.05) is 36.4 Å². The number of benzene rings is 1. The summed E-state index contributed by atoms with van der Waals surface area (Å²) in [6, 6.07) is 12.3. The molecule has 3 rings (SSSR count). The molecule has 0 aliphatic carbocycles. The van der Waals surface area contributed by atoms with E-state index in [2.05, 4.69) is 120 Å². The normalized spacial score (nSPS) is 14.2. The first-order valence-electron chi connectivity index (χ1n) is 11.0. The van der Waals surface area contributed by atoms with Crippen LogP contribution < -0.4 is 0 Å². The molecule has 1 aromatic rings. The van der Waals surface area contributed by atoms with E-state index in [0.717, 1.165) is 0 Å². The number of hydrogen-bond donors (Lipinski definition) is 0. The molecule has 0 unspecified atom stereocenters. The molecule has 2 heterocycles. The number of hydrogen-bond acceptors (Lipinski definition) is 4. The van der Waals surface area contributed by atoms with Crippen molar-refractivity contribution in [3.63, 3.8) is 0 Å². The van der Waals surface area contributed by atoms with E-state index < -0.39 is 0 Å². The average Bonchev–Trinajstić information content (AvgIpc) is 3.40. The zero-order valence-corrected chi connectivity index (χ0v) is 22.5. The predicted octanol–water partition coefficient (Wildman–Crippen LogP) is 6.80. The van der Waals surface area contributed by atoms with Gasteiger partial charge < -0.3 is 27.0 Å². The zero-order chi connectivity index (χ0) is 22.7. The van der Waals surface area contributed by atoms with Crippen molar-refractivity contribution >= 4 is 6.08 Å². The molecule has 2 aliphatic rings. The van der Waals surface area contributed by atoms with E-state index >= 15 is 0 Å². The van der Waals surface area contributed by atoms with E-state index in [1.54, 1.807) is 0 Å². The average molecular weight is 484 g/mol. The SMILES string of the molecule is C=Cc1ccccc1.CC(C)N1C=CN(C(C)C)[CH-]1.CC(C)N1C=CN(C(C)C)[CH-]1.[CH3-].[Ni+3]. The molecule has 32 heavy (non-hydrogen) atoms. The van der Waals surface area contributed by atoms with Gasteiger partial charge in [0.25, 0.3) is 0 Å². The molecule has 0 amide bonds. The van der Waals surface area contributed by atoms with Gasteiger partial charge in [0.05, 0.1) is 0 Å². The van der Waals surface area contributed by atoms with Crippen LogP contribution in [-0.2, 0) is 16.5 Å². The molecule has 1 aromatic carbocycles. The van der Waals surface area contributed by atoms with Gasteiger partial charge in [0.15, 0.2) is 0 Å². The third-order valence-corrected chi connectivity index (χ3v) is 4.78. The smallest absolute Gasteiger partial charge is 0.506 e. The van der Waals surface area contributed by atoms with Gasteiger partial charge in [0.1, 0.15) is 0 Å². The maximum Gasteiger partial charge on any atom is 3.00 e. The van der Waals surface area contributed by atoms with Crippen LogP contribution in [0.3, 0.4) is 0 Å². The minimum atomic E-state index is 0. The van der Waals surface area contributed by atoms with Gasteiger partial charge in [0, 0.05) is 0 Å². The van der Waals surface area contributed by atoms with E-state index in [4.69, 9.17) is 0 Å². The second kappa shape index (κ2) is 16.7. The zero-order valence-electron chi connectivity index (χ0n) is 21.5. The molecule has 0 fully saturated rings. The van der Waals surface area contributed by atoms with Crippen LogP contribution in [0.1, 0.15) is 61.0 Å². The fourth-order valence-corrected chi connectivity index (χ4v) is 2.58. The third-order valence-electron chi connectivity index (χ3n) is 4.78. The Bertz CT molecular complexity index is 585. The van der Waals surface area contributed by atoms with E-state index in [0.29, 0.717) is 24.2 Å². The Morgan fingerprint density at radius 2 is 0.906 bits per heavy atom. The molecule has 4 nitrogen and oxygen atoms in total. The number of nitrogens with zero attached hydrogens (tertiary/aromatic N) is 4. The van der Waals surface area contributed by atoms with Crippen LogP contribution in [0, 0.1) is 20.8 Å². The summed E-state index contributed by atoms with van der Waals surface area (Å²) >= 11 is 0. The van der Waals surface area contributed by atoms with E-state index in [-0.39, 0.29) is 23.9 Å². The summed E-state index contributed by atoms with van der Waals surface area (Å²) in [5, 5.41) is 0. The second-order valence-electron chi connectivity index (χ2n) is 8.61. The van der Waals surface area contributed by atoms with Crippen LogP contribution in [0.2, 0.25) is 0 Å². The van der Waals surface area contributed by atoms with Gasteiger partial charge >= 0.3 is 16.5 Å². The summed E-state index contributed by atoms with van der Waals surface area (Å²) in [5.41, 5.74) is 1.17. The summed E-state index contributed by atoms with van der Waals surface area (Å²) in [5.74, 6) is 0. The summed E-state index contributed by atoms with van der Waals surface area (Å²) in [4.78, 5) is 8.83. The first kappa shape index (κ1) is 32.3. The molecule has 183 valence electrons. The second-order valence-corrected chi connectivity index (χ2v) is 8.61. The maximum absolute atomic E-state index is 3.63. The van der Waals surface area contributed by atoms with Crippen molar-refractivity contribution in [2.24, 2.45) is 0 Å². The summed E-state index contributed by atoms with van der Waals surface area (Å²) in [6.45, 7) is 25.4. The van der Waals surface area contributed by atoms with Crippen LogP contribution in [0.15, 0.2) is 61.7 Å². The van der Waals surface area contributed by atoms with Crippen LogP contribution in [0.5, 0.6) is 0 Å². The molecule has 0 spiro atoms. The molecule has 0 saturated carbocycles. The Balaban J connectivity index is 0. The van der Waals surface area contributed by atoms with Gasteiger partial charge in [-0.2, -0.15) is 13.3 Å². The molecule has 0 bridgehead atoms. The first-order valence-corrected chi connectivity index (χ1v) is 11.0.